The molecule has 8 heteroatoms. The molecule has 1 heterocycles. The van der Waals surface area contributed by atoms with Gasteiger partial charge in [-0.05, 0) is 19.9 Å². The van der Waals surface area contributed by atoms with Crippen LogP contribution in [0.3, 0.4) is 0 Å². The molecule has 0 saturated heterocycles. The number of aryl methyl sites for hydroxylation is 2. The number of ether oxygens (including phenoxy) is 3. The van der Waals surface area contributed by atoms with Crippen LogP contribution in [0.15, 0.2) is 16.7 Å². The van der Waals surface area contributed by atoms with Crippen molar-refractivity contribution in [2.75, 3.05) is 27.1 Å². The number of carbonyl (C=O) groups excluding carboxylic acids is 1. The standard InChI is InChI=1S/C18H24N2O5S/c1-11-14(12(2)25-20-11)9-26-10-18(21)19-8-13-6-16(23-4)17(24-5)7-15(13)22-3/h6-7H,8-10H2,1-5H3,(H,19,21). The molecule has 0 saturated carbocycles. The number of hydrogen-bond acceptors (Lipinski definition) is 7. The van der Waals surface area contributed by atoms with Gasteiger partial charge in [-0.1, -0.05) is 5.16 Å². The number of benzene rings is 1. The van der Waals surface area contributed by atoms with Gasteiger partial charge in [0.05, 0.1) is 32.8 Å². The summed E-state index contributed by atoms with van der Waals surface area (Å²) in [6, 6.07) is 3.54. The minimum Gasteiger partial charge on any atom is -0.496 e. The van der Waals surface area contributed by atoms with Crippen molar-refractivity contribution in [1.29, 1.82) is 0 Å². The highest BCUT2D eigenvalue weighted by Crippen LogP contribution is 2.34. The van der Waals surface area contributed by atoms with Crippen molar-refractivity contribution in [1.82, 2.24) is 10.5 Å². The van der Waals surface area contributed by atoms with Crippen molar-refractivity contribution >= 4 is 17.7 Å². The Balaban J connectivity index is 1.90. The van der Waals surface area contributed by atoms with E-state index in [9.17, 15) is 4.79 Å². The fourth-order valence-corrected chi connectivity index (χ4v) is 3.43. The zero-order valence-electron chi connectivity index (χ0n) is 15.7. The third-order valence-corrected chi connectivity index (χ3v) is 4.88. The van der Waals surface area contributed by atoms with Gasteiger partial charge in [-0.2, -0.15) is 0 Å². The molecule has 0 unspecified atom stereocenters. The van der Waals surface area contributed by atoms with E-state index >= 15 is 0 Å². The predicted molar refractivity (Wildman–Crippen MR) is 100 cm³/mol. The Morgan fingerprint density at radius 1 is 1.12 bits per heavy atom. The van der Waals surface area contributed by atoms with Crippen LogP contribution < -0.4 is 19.5 Å². The zero-order valence-corrected chi connectivity index (χ0v) is 16.5. The molecule has 26 heavy (non-hydrogen) atoms. The van der Waals surface area contributed by atoms with Crippen LogP contribution in [-0.4, -0.2) is 38.1 Å². The first-order chi connectivity index (χ1) is 12.5. The van der Waals surface area contributed by atoms with E-state index in [2.05, 4.69) is 10.5 Å². The molecule has 0 fully saturated rings. The molecule has 2 rings (SSSR count). The number of amides is 1. The van der Waals surface area contributed by atoms with E-state index in [-0.39, 0.29) is 5.91 Å². The summed E-state index contributed by atoms with van der Waals surface area (Å²) in [5.74, 6) is 3.57. The lowest BCUT2D eigenvalue weighted by molar-refractivity contribution is -0.118. The Hall–Kier alpha value is -2.35. The third-order valence-electron chi connectivity index (χ3n) is 3.92. The summed E-state index contributed by atoms with van der Waals surface area (Å²) in [7, 11) is 4.71. The van der Waals surface area contributed by atoms with Crippen molar-refractivity contribution in [2.45, 2.75) is 26.1 Å². The minimum absolute atomic E-state index is 0.0569. The van der Waals surface area contributed by atoms with Gasteiger partial charge >= 0.3 is 0 Å². The SMILES string of the molecule is COc1cc(OC)c(OC)cc1CNC(=O)CSCc1c(C)noc1C. The lowest BCUT2D eigenvalue weighted by Gasteiger charge is -2.14. The predicted octanol–water partition coefficient (Wildman–Crippen LogP) is 2.87. The van der Waals surface area contributed by atoms with E-state index in [0.29, 0.717) is 35.3 Å². The molecule has 1 amide bonds. The van der Waals surface area contributed by atoms with E-state index in [1.807, 2.05) is 13.8 Å². The van der Waals surface area contributed by atoms with Gasteiger partial charge in [0.25, 0.3) is 0 Å². The van der Waals surface area contributed by atoms with Gasteiger partial charge in [-0.3, -0.25) is 4.79 Å². The molecule has 1 N–H and O–H groups in total. The Labute approximate surface area is 157 Å². The largest absolute Gasteiger partial charge is 0.496 e. The number of nitrogens with zero attached hydrogens (tertiary/aromatic N) is 1. The lowest BCUT2D eigenvalue weighted by atomic mass is 10.1. The minimum atomic E-state index is -0.0569. The maximum absolute atomic E-state index is 12.1. The highest BCUT2D eigenvalue weighted by atomic mass is 32.2. The van der Waals surface area contributed by atoms with Gasteiger partial charge in [-0.15, -0.1) is 11.8 Å². The highest BCUT2D eigenvalue weighted by molar-refractivity contribution is 7.99. The maximum Gasteiger partial charge on any atom is 0.230 e. The van der Waals surface area contributed by atoms with Gasteiger partial charge in [0.1, 0.15) is 11.5 Å². The van der Waals surface area contributed by atoms with Crippen LogP contribution in [0.25, 0.3) is 0 Å². The summed E-state index contributed by atoms with van der Waals surface area (Å²) < 4.78 is 21.0. The number of thioether (sulfide) groups is 1. The van der Waals surface area contributed by atoms with E-state index in [1.165, 1.54) is 11.8 Å². The second-order valence-electron chi connectivity index (χ2n) is 5.59. The third kappa shape index (κ3) is 4.85. The summed E-state index contributed by atoms with van der Waals surface area (Å²) in [4.78, 5) is 12.1. The van der Waals surface area contributed by atoms with Gasteiger partial charge in [0.15, 0.2) is 11.5 Å². The molecular formula is C18H24N2O5S. The van der Waals surface area contributed by atoms with Crippen molar-refractivity contribution in [3.05, 3.63) is 34.7 Å². The van der Waals surface area contributed by atoms with Crippen LogP contribution in [0, 0.1) is 13.8 Å². The van der Waals surface area contributed by atoms with E-state index in [1.54, 1.807) is 33.5 Å². The molecule has 0 bridgehead atoms. The molecule has 0 aliphatic carbocycles. The van der Waals surface area contributed by atoms with Crippen LogP contribution in [0.2, 0.25) is 0 Å². The summed E-state index contributed by atoms with van der Waals surface area (Å²) >= 11 is 1.52. The number of aromatic nitrogens is 1. The van der Waals surface area contributed by atoms with Gasteiger partial charge in [0, 0.05) is 29.5 Å². The van der Waals surface area contributed by atoms with Crippen molar-refractivity contribution in [3.63, 3.8) is 0 Å². The van der Waals surface area contributed by atoms with E-state index < -0.39 is 0 Å². The van der Waals surface area contributed by atoms with Gasteiger partial charge < -0.3 is 24.1 Å². The summed E-state index contributed by atoms with van der Waals surface area (Å²) in [5, 5.41) is 6.81. The Kier molecular flexibility index (Phi) is 7.20. The van der Waals surface area contributed by atoms with E-state index in [4.69, 9.17) is 18.7 Å². The summed E-state index contributed by atoms with van der Waals surface area (Å²) in [5.41, 5.74) is 2.73. The number of methoxy groups -OCH3 is 3. The molecule has 2 aromatic rings. The summed E-state index contributed by atoms with van der Waals surface area (Å²) in [6.45, 7) is 4.11. The quantitative estimate of drug-likeness (QED) is 0.716. The summed E-state index contributed by atoms with van der Waals surface area (Å²) in [6.07, 6.45) is 0. The molecule has 0 aliphatic rings. The zero-order chi connectivity index (χ0) is 19.1. The van der Waals surface area contributed by atoms with Gasteiger partial charge in [0.2, 0.25) is 5.91 Å². The highest BCUT2D eigenvalue weighted by Gasteiger charge is 2.13. The Bertz CT molecular complexity index is 741. The molecule has 1 aromatic carbocycles. The number of hydrogen-bond donors (Lipinski definition) is 1. The molecule has 0 atom stereocenters. The fourth-order valence-electron chi connectivity index (χ4n) is 2.43. The number of carbonyl (C=O) groups is 1. The maximum atomic E-state index is 12.1. The molecule has 142 valence electrons. The Morgan fingerprint density at radius 3 is 2.35 bits per heavy atom. The van der Waals surface area contributed by atoms with Gasteiger partial charge in [-0.25, -0.2) is 0 Å². The van der Waals surface area contributed by atoms with Crippen LogP contribution >= 0.6 is 11.8 Å². The molecule has 0 aliphatic heterocycles. The van der Waals surface area contributed by atoms with Crippen molar-refractivity contribution < 1.29 is 23.5 Å². The smallest absolute Gasteiger partial charge is 0.230 e. The fraction of sp³-hybridized carbons (Fsp3) is 0.444. The van der Waals surface area contributed by atoms with Crippen molar-refractivity contribution in [3.8, 4) is 17.2 Å². The molecule has 0 radical (unpaired) electrons. The average molecular weight is 380 g/mol. The molecule has 0 spiro atoms. The second-order valence-corrected chi connectivity index (χ2v) is 6.58. The van der Waals surface area contributed by atoms with Crippen molar-refractivity contribution in [2.24, 2.45) is 0 Å². The first kappa shape index (κ1) is 20.0. The van der Waals surface area contributed by atoms with Crippen LogP contribution in [-0.2, 0) is 17.1 Å². The first-order valence-corrected chi connectivity index (χ1v) is 9.20. The monoisotopic (exact) mass is 380 g/mol. The van der Waals surface area contributed by atoms with Crippen LogP contribution in [0.4, 0.5) is 0 Å². The van der Waals surface area contributed by atoms with Crippen LogP contribution in [0.1, 0.15) is 22.6 Å². The second kappa shape index (κ2) is 9.38. The average Bonchev–Trinajstić information content (AvgIpc) is 2.97. The molecular weight excluding hydrogens is 356 g/mol. The lowest BCUT2D eigenvalue weighted by Crippen LogP contribution is -2.25. The molecule has 7 nitrogen and oxygen atoms in total. The number of rotatable bonds is 9. The Morgan fingerprint density at radius 2 is 1.77 bits per heavy atom. The molecule has 1 aromatic heterocycles. The first-order valence-electron chi connectivity index (χ1n) is 8.05. The topological polar surface area (TPSA) is 82.8 Å². The van der Waals surface area contributed by atoms with Crippen LogP contribution in [0.5, 0.6) is 17.2 Å². The number of nitrogens with one attached hydrogen (secondary N) is 1. The normalized spacial score (nSPS) is 10.5. The van der Waals surface area contributed by atoms with E-state index in [0.717, 1.165) is 22.6 Å².